The van der Waals surface area contributed by atoms with Crippen LogP contribution in [0.5, 0.6) is 0 Å². The Bertz CT molecular complexity index is 1040. The van der Waals surface area contributed by atoms with Crippen molar-refractivity contribution in [3.05, 3.63) is 138 Å². The van der Waals surface area contributed by atoms with Gasteiger partial charge in [-0.3, -0.25) is 0 Å². The van der Waals surface area contributed by atoms with Crippen LogP contribution in [-0.4, -0.2) is 0 Å². The van der Waals surface area contributed by atoms with Gasteiger partial charge in [-0.05, 0) is 79.2 Å². The quantitative estimate of drug-likeness (QED) is 0.354. The largest absolute Gasteiger partial charge is 0.103 e. The Hall–Kier alpha value is -3.12. The third kappa shape index (κ3) is 3.48. The highest BCUT2D eigenvalue weighted by Gasteiger charge is 2.52. The monoisotopic (exact) mass is 394 g/mol. The van der Waals surface area contributed by atoms with E-state index in [1.54, 1.807) is 6.08 Å². The second kappa shape index (κ2) is 9.59. The molecule has 0 aliphatic heterocycles. The molecule has 3 rings (SSSR count). The van der Waals surface area contributed by atoms with E-state index in [1.165, 1.54) is 44.6 Å². The Morgan fingerprint density at radius 3 is 2.10 bits per heavy atom. The van der Waals surface area contributed by atoms with Gasteiger partial charge in [0.25, 0.3) is 0 Å². The van der Waals surface area contributed by atoms with Crippen molar-refractivity contribution in [1.82, 2.24) is 0 Å². The molecular weight excluding hydrogens is 360 g/mol. The molecule has 0 aromatic heterocycles. The molecule has 2 aliphatic carbocycles. The van der Waals surface area contributed by atoms with Crippen molar-refractivity contribution in [2.45, 2.75) is 40.0 Å². The zero-order chi connectivity index (χ0) is 22.5. The fourth-order valence-corrected chi connectivity index (χ4v) is 4.72. The Balaban J connectivity index is 0.00000101. The van der Waals surface area contributed by atoms with Gasteiger partial charge in [0.05, 0.1) is 5.41 Å². The maximum Gasteiger partial charge on any atom is 0.0715 e. The van der Waals surface area contributed by atoms with Crippen LogP contribution in [0.25, 0.3) is 5.57 Å². The van der Waals surface area contributed by atoms with Crippen molar-refractivity contribution < 1.29 is 0 Å². The molecule has 1 unspecified atom stereocenters. The van der Waals surface area contributed by atoms with Gasteiger partial charge in [-0.2, -0.15) is 0 Å². The summed E-state index contributed by atoms with van der Waals surface area (Å²) < 4.78 is 0. The lowest BCUT2D eigenvalue weighted by atomic mass is 9.68. The normalized spacial score (nSPS) is 22.6. The van der Waals surface area contributed by atoms with Crippen LogP contribution in [0.15, 0.2) is 127 Å². The fourth-order valence-electron chi connectivity index (χ4n) is 4.72. The highest BCUT2D eigenvalue weighted by molar-refractivity contribution is 5.97. The summed E-state index contributed by atoms with van der Waals surface area (Å²) in [5.41, 5.74) is 11.1. The number of rotatable bonds is 4. The van der Waals surface area contributed by atoms with Gasteiger partial charge in [0, 0.05) is 0 Å². The van der Waals surface area contributed by atoms with Gasteiger partial charge in [0.1, 0.15) is 0 Å². The van der Waals surface area contributed by atoms with Crippen LogP contribution in [0.3, 0.4) is 0 Å². The van der Waals surface area contributed by atoms with Crippen LogP contribution < -0.4 is 0 Å². The highest BCUT2D eigenvalue weighted by atomic mass is 14.5. The molecule has 0 fully saturated rings. The van der Waals surface area contributed by atoms with Gasteiger partial charge in [0.15, 0.2) is 0 Å². The van der Waals surface area contributed by atoms with E-state index in [4.69, 9.17) is 0 Å². The molecule has 1 atom stereocenters. The first kappa shape index (κ1) is 23.2. The van der Waals surface area contributed by atoms with Crippen LogP contribution in [-0.2, 0) is 5.41 Å². The molecule has 1 aromatic rings. The average molecular weight is 395 g/mol. The molecule has 0 N–H and O–H groups in total. The fraction of sp³-hybridized carbons (Fsp3) is 0.200. The first-order chi connectivity index (χ1) is 14.4. The van der Waals surface area contributed by atoms with E-state index in [9.17, 15) is 0 Å². The van der Waals surface area contributed by atoms with Crippen molar-refractivity contribution in [2.75, 3.05) is 0 Å². The molecule has 30 heavy (non-hydrogen) atoms. The molecule has 2 aliphatic rings. The Labute approximate surface area is 183 Å². The van der Waals surface area contributed by atoms with Crippen LogP contribution in [0, 0.1) is 0 Å². The summed E-state index contributed by atoms with van der Waals surface area (Å²) in [6.45, 7) is 26.1. The van der Waals surface area contributed by atoms with Gasteiger partial charge in [-0.1, -0.05) is 92.1 Å². The molecule has 1 spiro atoms. The minimum absolute atomic E-state index is 0.317. The minimum atomic E-state index is -0.317. The highest BCUT2D eigenvalue weighted by Crippen LogP contribution is 2.62. The lowest BCUT2D eigenvalue weighted by Gasteiger charge is -2.33. The summed E-state index contributed by atoms with van der Waals surface area (Å²) in [4.78, 5) is 0. The van der Waals surface area contributed by atoms with E-state index < -0.39 is 0 Å². The third-order valence-electron chi connectivity index (χ3n) is 5.78. The van der Waals surface area contributed by atoms with E-state index in [1.807, 2.05) is 25.2 Å². The van der Waals surface area contributed by atoms with Gasteiger partial charge in [0.2, 0.25) is 0 Å². The van der Waals surface area contributed by atoms with Gasteiger partial charge < -0.3 is 0 Å². The van der Waals surface area contributed by atoms with Crippen LogP contribution in [0.1, 0.15) is 45.7 Å². The second-order valence-electron chi connectivity index (χ2n) is 7.69. The van der Waals surface area contributed by atoms with Crippen molar-refractivity contribution in [3.63, 3.8) is 0 Å². The molecule has 0 nitrogen and oxygen atoms in total. The molecule has 0 bridgehead atoms. The predicted octanol–water partition coefficient (Wildman–Crippen LogP) is 8.61. The standard InChI is InChI=1S/C27H28.C3H6/c1-8-11-15-25-20(7)19(6)23(9-2)27(25)24(10-3)22(17-18(4)5)21-14-12-13-16-26(21)27;1-3-2/h8-17H,1-2,4H2,3,5-7H3;3H,1H2,2H3/b15-11-,22-17-,24-10+;. The molecule has 0 heteroatoms. The zero-order valence-corrected chi connectivity index (χ0v) is 19.2. The molecular formula is C30H34. The summed E-state index contributed by atoms with van der Waals surface area (Å²) in [5.74, 6) is 0. The summed E-state index contributed by atoms with van der Waals surface area (Å²) in [5, 5.41) is 0. The first-order valence-corrected chi connectivity index (χ1v) is 10.4. The first-order valence-electron chi connectivity index (χ1n) is 10.4. The topological polar surface area (TPSA) is 0 Å². The van der Waals surface area contributed by atoms with Gasteiger partial charge in [-0.15, -0.1) is 6.58 Å². The maximum atomic E-state index is 4.20. The van der Waals surface area contributed by atoms with Crippen molar-refractivity contribution in [3.8, 4) is 0 Å². The van der Waals surface area contributed by atoms with Gasteiger partial charge in [-0.25, -0.2) is 0 Å². The lowest BCUT2D eigenvalue weighted by Crippen LogP contribution is -2.27. The van der Waals surface area contributed by atoms with Crippen molar-refractivity contribution in [2.24, 2.45) is 0 Å². The van der Waals surface area contributed by atoms with Crippen molar-refractivity contribution in [1.29, 1.82) is 0 Å². The molecule has 0 saturated heterocycles. The van der Waals surface area contributed by atoms with E-state index >= 15 is 0 Å². The van der Waals surface area contributed by atoms with E-state index in [0.717, 1.165) is 5.57 Å². The summed E-state index contributed by atoms with van der Waals surface area (Å²) in [6.07, 6.45) is 14.4. The minimum Gasteiger partial charge on any atom is -0.103 e. The van der Waals surface area contributed by atoms with Crippen LogP contribution in [0.2, 0.25) is 0 Å². The number of allylic oxidation sites excluding steroid dienone is 14. The van der Waals surface area contributed by atoms with Gasteiger partial charge >= 0.3 is 0 Å². The lowest BCUT2D eigenvalue weighted by molar-refractivity contribution is 0.777. The molecule has 0 radical (unpaired) electrons. The van der Waals surface area contributed by atoms with E-state index in [2.05, 4.69) is 96.5 Å². The summed E-state index contributed by atoms with van der Waals surface area (Å²) >= 11 is 0. The summed E-state index contributed by atoms with van der Waals surface area (Å²) in [6, 6.07) is 8.73. The Kier molecular flexibility index (Phi) is 7.40. The second-order valence-corrected chi connectivity index (χ2v) is 7.69. The molecule has 0 amide bonds. The van der Waals surface area contributed by atoms with Crippen molar-refractivity contribution >= 4 is 5.57 Å². The predicted molar refractivity (Wildman–Crippen MR) is 135 cm³/mol. The maximum absolute atomic E-state index is 4.20. The number of hydrogen-bond acceptors (Lipinski definition) is 0. The van der Waals surface area contributed by atoms with Crippen LogP contribution >= 0.6 is 0 Å². The zero-order valence-electron chi connectivity index (χ0n) is 19.2. The van der Waals surface area contributed by atoms with Crippen LogP contribution in [0.4, 0.5) is 0 Å². The molecule has 0 heterocycles. The number of fused-ring (bicyclic) bond motifs is 2. The number of benzene rings is 1. The third-order valence-corrected chi connectivity index (χ3v) is 5.78. The smallest absolute Gasteiger partial charge is 0.0715 e. The van der Waals surface area contributed by atoms with E-state index in [-0.39, 0.29) is 5.41 Å². The molecule has 154 valence electrons. The Morgan fingerprint density at radius 1 is 0.967 bits per heavy atom. The Morgan fingerprint density at radius 2 is 1.57 bits per heavy atom. The van der Waals surface area contributed by atoms with E-state index in [0.29, 0.717) is 0 Å². The number of hydrogen-bond donors (Lipinski definition) is 0. The molecule has 1 aromatic carbocycles. The molecule has 0 saturated carbocycles. The SMILES string of the molecule is C=C/C=C\C1=C(C)C(C)=C(C=C)C12C(=C/C)/C(=C\C(=C)C)c1ccccc12.C=CC. The summed E-state index contributed by atoms with van der Waals surface area (Å²) in [7, 11) is 0. The average Bonchev–Trinajstić information content (AvgIpc) is 3.10.